The van der Waals surface area contributed by atoms with Crippen molar-refractivity contribution in [1.29, 1.82) is 5.26 Å². The minimum atomic E-state index is -3.68. The molecule has 2 rings (SSSR count). The van der Waals surface area contributed by atoms with Gasteiger partial charge in [0, 0.05) is 0 Å². The molecular weight excluding hydrogens is 278 g/mol. The summed E-state index contributed by atoms with van der Waals surface area (Å²) >= 11 is 0. The van der Waals surface area contributed by atoms with Crippen LogP contribution < -0.4 is 4.72 Å². The molecule has 0 fully saturated rings. The van der Waals surface area contributed by atoms with Crippen molar-refractivity contribution in [2.45, 2.75) is 24.8 Å². The monoisotopic (exact) mass is 291 g/mol. The molecule has 0 amide bonds. The first-order valence-corrected chi connectivity index (χ1v) is 7.35. The first-order chi connectivity index (χ1) is 9.42. The largest absolute Gasteiger partial charge is 0.444 e. The maximum Gasteiger partial charge on any atom is 0.241 e. The topological polar surface area (TPSA) is 96.0 Å². The van der Waals surface area contributed by atoms with E-state index in [2.05, 4.69) is 9.71 Å². The number of aromatic nitrogens is 1. The molecule has 104 valence electrons. The predicted molar refractivity (Wildman–Crippen MR) is 71.1 cm³/mol. The van der Waals surface area contributed by atoms with Gasteiger partial charge in [0.05, 0.1) is 28.8 Å². The molecule has 1 atom stereocenters. The van der Waals surface area contributed by atoms with Gasteiger partial charge in [-0.05, 0) is 38.1 Å². The Morgan fingerprint density at radius 3 is 2.50 bits per heavy atom. The summed E-state index contributed by atoms with van der Waals surface area (Å²) in [6.07, 6.45) is 1.53. The van der Waals surface area contributed by atoms with Crippen LogP contribution in [-0.4, -0.2) is 13.4 Å². The van der Waals surface area contributed by atoms with Crippen molar-refractivity contribution in [1.82, 2.24) is 9.71 Å². The Kier molecular flexibility index (Phi) is 3.88. The molecule has 7 heteroatoms. The standard InChI is InChI=1S/C13H13N3O3S/c1-9-8-15-13(19-9)10(2)16-20(17,18)12-5-3-11(7-14)4-6-12/h3-6,8,10,16H,1-2H3. The molecule has 0 aliphatic heterocycles. The van der Waals surface area contributed by atoms with Crippen LogP contribution in [0, 0.1) is 18.3 Å². The van der Waals surface area contributed by atoms with Crippen molar-refractivity contribution < 1.29 is 12.8 Å². The Bertz CT molecular complexity index is 742. The van der Waals surface area contributed by atoms with Gasteiger partial charge >= 0.3 is 0 Å². The minimum absolute atomic E-state index is 0.0895. The number of hydrogen-bond donors (Lipinski definition) is 1. The number of rotatable bonds is 4. The van der Waals surface area contributed by atoms with Gasteiger partial charge < -0.3 is 4.42 Å². The molecule has 1 N–H and O–H groups in total. The van der Waals surface area contributed by atoms with Crippen LogP contribution >= 0.6 is 0 Å². The number of nitrogens with zero attached hydrogens (tertiary/aromatic N) is 2. The van der Waals surface area contributed by atoms with Crippen LogP contribution in [0.3, 0.4) is 0 Å². The summed E-state index contributed by atoms with van der Waals surface area (Å²) < 4.78 is 32.1. The fraction of sp³-hybridized carbons (Fsp3) is 0.231. The Labute approximate surface area is 117 Å². The second-order valence-corrected chi connectivity index (χ2v) is 6.00. The lowest BCUT2D eigenvalue weighted by molar-refractivity contribution is 0.428. The van der Waals surface area contributed by atoms with E-state index in [1.54, 1.807) is 13.8 Å². The van der Waals surface area contributed by atoms with E-state index in [1.165, 1.54) is 30.5 Å². The molecule has 0 spiro atoms. The maximum atomic E-state index is 12.2. The Balaban J connectivity index is 2.20. The Morgan fingerprint density at radius 2 is 2.00 bits per heavy atom. The molecule has 0 aliphatic rings. The van der Waals surface area contributed by atoms with Crippen LogP contribution in [0.25, 0.3) is 0 Å². The Morgan fingerprint density at radius 1 is 1.35 bits per heavy atom. The highest BCUT2D eigenvalue weighted by Gasteiger charge is 2.21. The minimum Gasteiger partial charge on any atom is -0.444 e. The molecule has 1 aromatic heterocycles. The fourth-order valence-corrected chi connectivity index (χ4v) is 2.83. The molecular formula is C13H13N3O3S. The van der Waals surface area contributed by atoms with Crippen molar-refractivity contribution >= 4 is 10.0 Å². The summed E-state index contributed by atoms with van der Waals surface area (Å²) in [7, 11) is -3.68. The first kappa shape index (κ1) is 14.2. The van der Waals surface area contributed by atoms with Crippen molar-refractivity contribution in [2.24, 2.45) is 0 Å². The van der Waals surface area contributed by atoms with E-state index in [9.17, 15) is 8.42 Å². The summed E-state index contributed by atoms with van der Waals surface area (Å²) in [5.74, 6) is 0.921. The van der Waals surface area contributed by atoms with Crippen LogP contribution in [-0.2, 0) is 10.0 Å². The van der Waals surface area contributed by atoms with Crippen LogP contribution in [0.2, 0.25) is 0 Å². The number of oxazole rings is 1. The fourth-order valence-electron chi connectivity index (χ4n) is 1.63. The van der Waals surface area contributed by atoms with Crippen molar-refractivity contribution in [3.63, 3.8) is 0 Å². The quantitative estimate of drug-likeness (QED) is 0.928. The average Bonchev–Trinajstić information content (AvgIpc) is 2.85. The van der Waals surface area contributed by atoms with Gasteiger partial charge in [-0.2, -0.15) is 9.98 Å². The van der Waals surface area contributed by atoms with E-state index < -0.39 is 16.1 Å². The van der Waals surface area contributed by atoms with Gasteiger partial charge in [-0.3, -0.25) is 0 Å². The second-order valence-electron chi connectivity index (χ2n) is 4.29. The SMILES string of the molecule is Cc1cnc(C(C)NS(=O)(=O)c2ccc(C#N)cc2)o1. The molecule has 0 radical (unpaired) electrons. The average molecular weight is 291 g/mol. The van der Waals surface area contributed by atoms with Gasteiger partial charge in [-0.15, -0.1) is 0 Å². The third-order valence-electron chi connectivity index (χ3n) is 2.64. The Hall–Kier alpha value is -2.17. The van der Waals surface area contributed by atoms with Crippen LogP contribution in [0.4, 0.5) is 0 Å². The van der Waals surface area contributed by atoms with Crippen LogP contribution in [0.1, 0.15) is 30.2 Å². The highest BCUT2D eigenvalue weighted by atomic mass is 32.2. The van der Waals surface area contributed by atoms with E-state index >= 15 is 0 Å². The van der Waals surface area contributed by atoms with Crippen molar-refractivity contribution in [3.05, 3.63) is 47.7 Å². The lowest BCUT2D eigenvalue weighted by atomic mass is 10.2. The number of nitrogens with one attached hydrogen (secondary N) is 1. The summed E-state index contributed by atoms with van der Waals surface area (Å²) in [6.45, 7) is 3.38. The van der Waals surface area contributed by atoms with Gasteiger partial charge in [0.25, 0.3) is 0 Å². The maximum absolute atomic E-state index is 12.2. The van der Waals surface area contributed by atoms with Crippen molar-refractivity contribution in [2.75, 3.05) is 0 Å². The summed E-state index contributed by atoms with van der Waals surface area (Å²) in [4.78, 5) is 4.07. The molecule has 0 bridgehead atoms. The van der Waals surface area contributed by atoms with Gasteiger partial charge in [0.15, 0.2) is 0 Å². The third kappa shape index (κ3) is 3.04. The molecule has 20 heavy (non-hydrogen) atoms. The molecule has 2 aromatic rings. The predicted octanol–water partition coefficient (Wildman–Crippen LogP) is 1.89. The smallest absolute Gasteiger partial charge is 0.241 e. The van der Waals surface area contributed by atoms with E-state index in [1.807, 2.05) is 6.07 Å². The van der Waals surface area contributed by atoms with E-state index in [0.717, 1.165) is 0 Å². The highest BCUT2D eigenvalue weighted by Crippen LogP contribution is 2.17. The molecule has 0 saturated heterocycles. The summed E-state index contributed by atoms with van der Waals surface area (Å²) in [6, 6.07) is 7.03. The first-order valence-electron chi connectivity index (χ1n) is 5.87. The number of sulfonamides is 1. The molecule has 6 nitrogen and oxygen atoms in total. The normalized spacial score (nSPS) is 12.8. The molecule has 0 aliphatic carbocycles. The lowest BCUT2D eigenvalue weighted by Crippen LogP contribution is -2.27. The van der Waals surface area contributed by atoms with Gasteiger partial charge in [0.2, 0.25) is 15.9 Å². The number of nitriles is 1. The molecule has 1 heterocycles. The van der Waals surface area contributed by atoms with Gasteiger partial charge in [-0.25, -0.2) is 13.4 Å². The van der Waals surface area contributed by atoms with Crippen LogP contribution in [0.15, 0.2) is 39.8 Å². The van der Waals surface area contributed by atoms with E-state index in [-0.39, 0.29) is 4.90 Å². The van der Waals surface area contributed by atoms with Crippen molar-refractivity contribution in [3.8, 4) is 6.07 Å². The van der Waals surface area contributed by atoms with Crippen LogP contribution in [0.5, 0.6) is 0 Å². The third-order valence-corrected chi connectivity index (χ3v) is 4.19. The van der Waals surface area contributed by atoms with E-state index in [4.69, 9.17) is 9.68 Å². The number of hydrogen-bond acceptors (Lipinski definition) is 5. The molecule has 1 aromatic carbocycles. The highest BCUT2D eigenvalue weighted by molar-refractivity contribution is 7.89. The zero-order valence-corrected chi connectivity index (χ0v) is 11.8. The number of benzene rings is 1. The second kappa shape index (κ2) is 5.45. The number of aryl methyl sites for hydroxylation is 1. The summed E-state index contributed by atoms with van der Waals surface area (Å²) in [5.41, 5.74) is 0.403. The van der Waals surface area contributed by atoms with Gasteiger partial charge in [0.1, 0.15) is 5.76 Å². The van der Waals surface area contributed by atoms with E-state index in [0.29, 0.717) is 17.2 Å². The zero-order chi connectivity index (χ0) is 14.8. The molecule has 1 unspecified atom stereocenters. The summed E-state index contributed by atoms with van der Waals surface area (Å²) in [5, 5.41) is 8.69. The molecule has 0 saturated carbocycles. The lowest BCUT2D eigenvalue weighted by Gasteiger charge is -2.11. The zero-order valence-electron chi connectivity index (χ0n) is 11.0. The van der Waals surface area contributed by atoms with Gasteiger partial charge in [-0.1, -0.05) is 0 Å².